The standard InChI is InChI=1S/C22H29BO5Si/c1-21(2,3)29(16-10-6-4-7-11-16,17-12-8-5-9-13-17)28-19-18(26)20(23)27-22(19,14-24)15-25/h4-13,18-20,24-26H,14-15H2,1-3H3/t18-,19-,20+/m0/s1. The van der Waals surface area contributed by atoms with E-state index < -0.39 is 45.3 Å². The SMILES string of the molecule is [B][C@@H]1OC(CO)(CO)[C@@H](O[Si](c2ccccc2)(c2ccccc2)C(C)(C)C)[C@@H]1O. The van der Waals surface area contributed by atoms with E-state index in [2.05, 4.69) is 20.8 Å². The average Bonchev–Trinajstić information content (AvgIpc) is 2.96. The number of benzene rings is 2. The van der Waals surface area contributed by atoms with Crippen LogP contribution in [-0.2, 0) is 9.16 Å². The van der Waals surface area contributed by atoms with Crippen molar-refractivity contribution in [2.75, 3.05) is 13.2 Å². The Morgan fingerprint density at radius 1 is 0.966 bits per heavy atom. The first-order chi connectivity index (χ1) is 13.7. The lowest BCUT2D eigenvalue weighted by Crippen LogP contribution is -2.70. The molecule has 0 aromatic heterocycles. The van der Waals surface area contributed by atoms with Gasteiger partial charge in [-0.2, -0.15) is 0 Å². The maximum absolute atomic E-state index is 10.8. The highest BCUT2D eigenvalue weighted by molar-refractivity contribution is 6.99. The van der Waals surface area contributed by atoms with Gasteiger partial charge >= 0.3 is 0 Å². The first-order valence-corrected chi connectivity index (χ1v) is 11.7. The highest BCUT2D eigenvalue weighted by atomic mass is 28.4. The Morgan fingerprint density at radius 2 is 1.41 bits per heavy atom. The van der Waals surface area contributed by atoms with Gasteiger partial charge in [-0.1, -0.05) is 81.4 Å². The van der Waals surface area contributed by atoms with Crippen molar-refractivity contribution in [1.82, 2.24) is 0 Å². The minimum absolute atomic E-state index is 0.335. The second-order valence-electron chi connectivity index (χ2n) is 8.66. The Balaban J connectivity index is 2.23. The van der Waals surface area contributed by atoms with E-state index in [1.807, 2.05) is 60.7 Å². The third-order valence-electron chi connectivity index (χ3n) is 5.79. The molecule has 0 saturated carbocycles. The summed E-state index contributed by atoms with van der Waals surface area (Å²) in [6.07, 6.45) is -2.17. The Labute approximate surface area is 174 Å². The summed E-state index contributed by atoms with van der Waals surface area (Å²) in [5.41, 5.74) is -1.48. The zero-order valence-electron chi connectivity index (χ0n) is 17.2. The normalized spacial score (nSPS) is 24.6. The molecule has 29 heavy (non-hydrogen) atoms. The van der Waals surface area contributed by atoms with E-state index in [0.717, 1.165) is 10.4 Å². The van der Waals surface area contributed by atoms with Crippen molar-refractivity contribution in [1.29, 1.82) is 0 Å². The second-order valence-corrected chi connectivity index (χ2v) is 12.9. The summed E-state index contributed by atoms with van der Waals surface area (Å²) in [6.45, 7) is 5.30. The Morgan fingerprint density at radius 3 is 1.79 bits per heavy atom. The van der Waals surface area contributed by atoms with Gasteiger partial charge in [0.25, 0.3) is 8.32 Å². The Kier molecular flexibility index (Phi) is 6.39. The monoisotopic (exact) mass is 412 g/mol. The van der Waals surface area contributed by atoms with Crippen molar-refractivity contribution in [3.05, 3.63) is 60.7 Å². The van der Waals surface area contributed by atoms with Gasteiger partial charge in [-0.3, -0.25) is 0 Å². The predicted octanol–water partition coefficient (Wildman–Crippen LogP) is 0.541. The molecule has 0 spiro atoms. The molecule has 1 heterocycles. The van der Waals surface area contributed by atoms with Crippen LogP contribution in [0.1, 0.15) is 20.8 Å². The van der Waals surface area contributed by atoms with E-state index in [1.54, 1.807) is 0 Å². The largest absolute Gasteiger partial charge is 0.399 e. The summed E-state index contributed by atoms with van der Waals surface area (Å²) in [5, 5.41) is 32.6. The van der Waals surface area contributed by atoms with E-state index in [1.165, 1.54) is 0 Å². The third kappa shape index (κ3) is 3.71. The summed E-state index contributed by atoms with van der Waals surface area (Å²) < 4.78 is 12.5. The molecule has 1 saturated heterocycles. The zero-order chi connectivity index (χ0) is 21.3. The predicted molar refractivity (Wildman–Crippen MR) is 116 cm³/mol. The Hall–Kier alpha value is -1.48. The van der Waals surface area contributed by atoms with Gasteiger partial charge in [0.2, 0.25) is 0 Å². The average molecular weight is 412 g/mol. The molecule has 2 radical (unpaired) electrons. The molecule has 5 nitrogen and oxygen atoms in total. The fourth-order valence-electron chi connectivity index (χ4n) is 4.25. The molecular weight excluding hydrogens is 383 g/mol. The topological polar surface area (TPSA) is 79.2 Å². The highest BCUT2D eigenvalue weighted by Crippen LogP contribution is 2.42. The van der Waals surface area contributed by atoms with Crippen LogP contribution in [0.3, 0.4) is 0 Å². The minimum atomic E-state index is -3.02. The highest BCUT2D eigenvalue weighted by Gasteiger charge is 2.59. The molecule has 7 heteroatoms. The molecule has 0 unspecified atom stereocenters. The van der Waals surface area contributed by atoms with E-state index in [9.17, 15) is 15.3 Å². The first-order valence-electron chi connectivity index (χ1n) is 9.84. The smallest absolute Gasteiger partial charge is 0.261 e. The Bertz CT molecular complexity index is 752. The molecule has 1 aliphatic heterocycles. The fraction of sp³-hybridized carbons (Fsp3) is 0.455. The maximum atomic E-state index is 10.8. The molecule has 1 fully saturated rings. The van der Waals surface area contributed by atoms with Crippen LogP contribution in [0.15, 0.2) is 60.7 Å². The number of hydrogen-bond donors (Lipinski definition) is 3. The number of aliphatic hydroxyl groups is 3. The number of aliphatic hydroxyl groups excluding tert-OH is 3. The van der Waals surface area contributed by atoms with E-state index in [4.69, 9.17) is 17.0 Å². The fourth-order valence-corrected chi connectivity index (χ4v) is 9.00. The van der Waals surface area contributed by atoms with Crippen LogP contribution in [0.2, 0.25) is 5.04 Å². The molecule has 0 amide bonds. The molecule has 3 rings (SSSR count). The van der Waals surface area contributed by atoms with Crippen LogP contribution in [-0.4, -0.2) is 68.5 Å². The first kappa shape index (κ1) is 22.2. The number of rotatable bonds is 6. The van der Waals surface area contributed by atoms with Gasteiger partial charge in [-0.05, 0) is 15.4 Å². The third-order valence-corrected chi connectivity index (χ3v) is 10.8. The molecule has 0 aliphatic carbocycles. The molecule has 3 atom stereocenters. The zero-order valence-corrected chi connectivity index (χ0v) is 18.2. The lowest BCUT2D eigenvalue weighted by molar-refractivity contribution is -0.121. The summed E-state index contributed by atoms with van der Waals surface area (Å²) in [5.74, 6) is 0. The van der Waals surface area contributed by atoms with Gasteiger partial charge in [0, 0.05) is 6.00 Å². The van der Waals surface area contributed by atoms with Gasteiger partial charge in [-0.15, -0.1) is 0 Å². The summed E-state index contributed by atoms with van der Waals surface area (Å²) in [4.78, 5) is 0. The maximum Gasteiger partial charge on any atom is 0.261 e. The summed E-state index contributed by atoms with van der Waals surface area (Å²) in [7, 11) is 2.92. The van der Waals surface area contributed by atoms with Crippen molar-refractivity contribution in [3.8, 4) is 0 Å². The molecule has 2 aromatic rings. The van der Waals surface area contributed by atoms with Crippen LogP contribution in [0.25, 0.3) is 0 Å². The van der Waals surface area contributed by atoms with Crippen LogP contribution in [0.4, 0.5) is 0 Å². The molecule has 2 aromatic carbocycles. The van der Waals surface area contributed by atoms with Gasteiger partial charge in [-0.25, -0.2) is 0 Å². The van der Waals surface area contributed by atoms with Crippen LogP contribution >= 0.6 is 0 Å². The van der Waals surface area contributed by atoms with Crippen molar-refractivity contribution >= 4 is 26.5 Å². The van der Waals surface area contributed by atoms with E-state index >= 15 is 0 Å². The molecule has 1 aliphatic rings. The van der Waals surface area contributed by atoms with E-state index in [0.29, 0.717) is 0 Å². The van der Waals surface area contributed by atoms with Gasteiger partial charge in [0.1, 0.15) is 19.6 Å². The van der Waals surface area contributed by atoms with E-state index in [-0.39, 0.29) is 5.04 Å². The van der Waals surface area contributed by atoms with Crippen LogP contribution in [0, 0.1) is 0 Å². The molecular formula is C22H29BO5Si. The lowest BCUT2D eigenvalue weighted by atomic mass is 9.90. The summed E-state index contributed by atoms with van der Waals surface area (Å²) >= 11 is 0. The number of hydrogen-bond acceptors (Lipinski definition) is 5. The summed E-state index contributed by atoms with van der Waals surface area (Å²) in [6, 6.07) is 18.8. The van der Waals surface area contributed by atoms with Crippen molar-refractivity contribution in [2.45, 2.75) is 49.6 Å². The molecule has 3 N–H and O–H groups in total. The molecule has 154 valence electrons. The van der Waals surface area contributed by atoms with Gasteiger partial charge in [0.15, 0.2) is 0 Å². The quantitative estimate of drug-likeness (QED) is 0.604. The lowest BCUT2D eigenvalue weighted by Gasteiger charge is -2.47. The van der Waals surface area contributed by atoms with Gasteiger partial charge in [0.05, 0.1) is 19.3 Å². The second kappa shape index (κ2) is 8.34. The van der Waals surface area contributed by atoms with Gasteiger partial charge < -0.3 is 24.5 Å². The van der Waals surface area contributed by atoms with Crippen LogP contribution < -0.4 is 10.4 Å². The van der Waals surface area contributed by atoms with Crippen molar-refractivity contribution in [2.24, 2.45) is 0 Å². The van der Waals surface area contributed by atoms with Crippen molar-refractivity contribution < 1.29 is 24.5 Å². The number of ether oxygens (including phenoxy) is 1. The van der Waals surface area contributed by atoms with Crippen LogP contribution in [0.5, 0.6) is 0 Å². The van der Waals surface area contributed by atoms with Crippen molar-refractivity contribution in [3.63, 3.8) is 0 Å². The molecule has 0 bridgehead atoms. The minimum Gasteiger partial charge on any atom is -0.399 e.